The smallest absolute Gasteiger partial charge is 0.238 e. The molecule has 0 aromatic heterocycles. The van der Waals surface area contributed by atoms with Crippen LogP contribution in [0, 0.1) is 5.92 Å². The lowest BCUT2D eigenvalue weighted by molar-refractivity contribution is -0.121. The molecule has 1 fully saturated rings. The molecule has 1 saturated heterocycles. The fraction of sp³-hybridized carbons (Fsp3) is 0.121. The summed E-state index contributed by atoms with van der Waals surface area (Å²) >= 11 is 0. The van der Waals surface area contributed by atoms with Crippen LogP contribution < -0.4 is 10.2 Å². The van der Waals surface area contributed by atoms with Gasteiger partial charge in [0, 0.05) is 22.5 Å². The maximum atomic E-state index is 14.6. The van der Waals surface area contributed by atoms with E-state index in [4.69, 9.17) is 0 Å². The zero-order valence-corrected chi connectivity index (χ0v) is 20.5. The lowest BCUT2D eigenvalue weighted by Crippen LogP contribution is -2.51. The van der Waals surface area contributed by atoms with Gasteiger partial charge in [-0.15, -0.1) is 0 Å². The summed E-state index contributed by atoms with van der Waals surface area (Å²) in [4.78, 5) is 45.3. The normalized spacial score (nSPS) is 24.5. The van der Waals surface area contributed by atoms with Crippen LogP contribution >= 0.6 is 0 Å². The van der Waals surface area contributed by atoms with Crippen molar-refractivity contribution in [3.63, 3.8) is 0 Å². The Hall–Kier alpha value is -4.77. The molecule has 1 amide bonds. The van der Waals surface area contributed by atoms with Crippen molar-refractivity contribution in [1.29, 1.82) is 0 Å². The number of para-hydroxylation sites is 2. The second-order valence-electron chi connectivity index (χ2n) is 10.0. The number of rotatable bonds is 4. The number of nitrogens with one attached hydrogen (secondary N) is 1. The van der Waals surface area contributed by atoms with Crippen LogP contribution in [0.15, 0.2) is 115 Å². The molecular weight excluding hydrogens is 472 g/mol. The molecule has 3 aliphatic rings. The number of fused-ring (bicyclic) bond motifs is 6. The molecule has 1 spiro atoms. The Labute approximate surface area is 220 Å². The van der Waals surface area contributed by atoms with Gasteiger partial charge < -0.3 is 10.2 Å². The molecule has 5 nitrogen and oxygen atoms in total. The van der Waals surface area contributed by atoms with Crippen LogP contribution in [0.4, 0.5) is 11.4 Å². The Balaban J connectivity index is 1.55. The summed E-state index contributed by atoms with van der Waals surface area (Å²) in [6.45, 7) is 0. The zero-order chi connectivity index (χ0) is 25.9. The number of anilines is 2. The van der Waals surface area contributed by atoms with Gasteiger partial charge in [-0.05, 0) is 23.3 Å². The predicted octanol–water partition coefficient (Wildman–Crippen LogP) is 5.54. The highest BCUT2D eigenvalue weighted by Gasteiger charge is 2.70. The minimum absolute atomic E-state index is 0.177. The standard InChI is InChI=1S/C33H24N2O3/c36-30(22-12-3-1-4-13-22)28-29(31(37)23-14-5-2-6-15-23)35-26-18-10-7-11-21(26)19-20-27(35)33(28)24-16-8-9-17-25(24)34-32(33)38/h1-20,27-29H,(H,34,38)/t27?,28-,29-,33-/m0/s1. The zero-order valence-electron chi connectivity index (χ0n) is 20.5. The summed E-state index contributed by atoms with van der Waals surface area (Å²) in [5.41, 5.74) is 2.93. The molecule has 1 N–H and O–H groups in total. The van der Waals surface area contributed by atoms with Crippen LogP contribution in [-0.4, -0.2) is 29.6 Å². The van der Waals surface area contributed by atoms with Crippen LogP contribution in [0.5, 0.6) is 0 Å². The molecule has 3 aliphatic heterocycles. The van der Waals surface area contributed by atoms with Crippen molar-refractivity contribution in [2.75, 3.05) is 10.2 Å². The Morgan fingerprint density at radius 2 is 1.32 bits per heavy atom. The molecule has 0 saturated carbocycles. The third-order valence-electron chi connectivity index (χ3n) is 8.21. The highest BCUT2D eigenvalue weighted by Crippen LogP contribution is 2.58. The molecule has 184 valence electrons. The first kappa shape index (κ1) is 22.4. The van der Waals surface area contributed by atoms with Gasteiger partial charge in [-0.1, -0.05) is 109 Å². The Morgan fingerprint density at radius 3 is 2.05 bits per heavy atom. The Bertz CT molecular complexity index is 1630. The van der Waals surface area contributed by atoms with Gasteiger partial charge in [0.05, 0.1) is 12.0 Å². The maximum absolute atomic E-state index is 14.6. The van der Waals surface area contributed by atoms with Crippen LogP contribution in [0.1, 0.15) is 31.8 Å². The fourth-order valence-corrected chi connectivity index (χ4v) is 6.67. The van der Waals surface area contributed by atoms with Gasteiger partial charge in [0.2, 0.25) is 5.91 Å². The average molecular weight is 497 g/mol. The lowest BCUT2D eigenvalue weighted by atomic mass is 9.64. The average Bonchev–Trinajstić information content (AvgIpc) is 3.45. The van der Waals surface area contributed by atoms with Crippen molar-refractivity contribution in [1.82, 2.24) is 0 Å². The number of carbonyl (C=O) groups is 3. The summed E-state index contributed by atoms with van der Waals surface area (Å²) in [6.07, 6.45) is 4.00. The van der Waals surface area contributed by atoms with E-state index in [0.29, 0.717) is 16.8 Å². The van der Waals surface area contributed by atoms with Gasteiger partial charge in [0.1, 0.15) is 11.5 Å². The third kappa shape index (κ3) is 2.96. The minimum atomic E-state index is -1.29. The van der Waals surface area contributed by atoms with E-state index in [1.807, 2.05) is 102 Å². The molecular formula is C33H24N2O3. The minimum Gasteiger partial charge on any atom is -0.352 e. The van der Waals surface area contributed by atoms with E-state index < -0.39 is 23.4 Å². The molecule has 7 rings (SSSR count). The van der Waals surface area contributed by atoms with Gasteiger partial charge in [0.15, 0.2) is 11.6 Å². The molecule has 5 heteroatoms. The number of nitrogens with zero attached hydrogens (tertiary/aromatic N) is 1. The number of hydrogen-bond acceptors (Lipinski definition) is 4. The first-order valence-corrected chi connectivity index (χ1v) is 12.8. The number of Topliss-reactive ketones (excluding diaryl/α,β-unsaturated/α-hetero) is 2. The molecule has 3 heterocycles. The first-order chi connectivity index (χ1) is 18.6. The predicted molar refractivity (Wildman–Crippen MR) is 147 cm³/mol. The summed E-state index contributed by atoms with van der Waals surface area (Å²) in [5, 5.41) is 3.06. The van der Waals surface area contributed by atoms with Gasteiger partial charge >= 0.3 is 0 Å². The largest absolute Gasteiger partial charge is 0.352 e. The number of hydrogen-bond donors (Lipinski definition) is 1. The second-order valence-corrected chi connectivity index (χ2v) is 10.0. The van der Waals surface area contributed by atoms with Crippen molar-refractivity contribution in [3.05, 3.63) is 138 Å². The number of benzene rings is 4. The monoisotopic (exact) mass is 496 g/mol. The van der Waals surface area contributed by atoms with Crippen LogP contribution in [0.25, 0.3) is 6.08 Å². The molecule has 1 unspecified atom stereocenters. The molecule has 0 bridgehead atoms. The second kappa shape index (κ2) is 8.38. The van der Waals surface area contributed by atoms with Gasteiger partial charge in [0.25, 0.3) is 0 Å². The molecule has 0 aliphatic carbocycles. The van der Waals surface area contributed by atoms with Gasteiger partial charge in [-0.2, -0.15) is 0 Å². The molecule has 4 atom stereocenters. The van der Waals surface area contributed by atoms with E-state index in [1.165, 1.54) is 0 Å². The van der Waals surface area contributed by atoms with E-state index in [9.17, 15) is 14.4 Å². The highest BCUT2D eigenvalue weighted by atomic mass is 16.2. The van der Waals surface area contributed by atoms with Crippen molar-refractivity contribution in [3.8, 4) is 0 Å². The molecule has 0 radical (unpaired) electrons. The Morgan fingerprint density at radius 1 is 0.711 bits per heavy atom. The van der Waals surface area contributed by atoms with Crippen molar-refractivity contribution < 1.29 is 14.4 Å². The fourth-order valence-electron chi connectivity index (χ4n) is 6.67. The van der Waals surface area contributed by atoms with E-state index in [2.05, 4.69) is 5.32 Å². The van der Waals surface area contributed by atoms with E-state index >= 15 is 0 Å². The van der Waals surface area contributed by atoms with Crippen LogP contribution in [0.3, 0.4) is 0 Å². The van der Waals surface area contributed by atoms with Crippen molar-refractivity contribution >= 4 is 34.9 Å². The summed E-state index contributed by atoms with van der Waals surface area (Å²) in [6, 6.07) is 32.1. The number of amides is 1. The van der Waals surface area contributed by atoms with Crippen molar-refractivity contribution in [2.45, 2.75) is 17.5 Å². The molecule has 38 heavy (non-hydrogen) atoms. The third-order valence-corrected chi connectivity index (χ3v) is 8.21. The SMILES string of the molecule is O=C(c1ccccc1)[C@@H]1[C@@H](C(=O)c2ccccc2)[C@@]2(C(=O)Nc3ccccc32)C2C=Cc3ccccc3N21. The lowest BCUT2D eigenvalue weighted by Gasteiger charge is -2.37. The van der Waals surface area contributed by atoms with Crippen molar-refractivity contribution in [2.24, 2.45) is 5.92 Å². The van der Waals surface area contributed by atoms with Crippen LogP contribution in [0.2, 0.25) is 0 Å². The summed E-state index contributed by atoms with van der Waals surface area (Å²) < 4.78 is 0. The number of carbonyl (C=O) groups excluding carboxylic acids is 3. The van der Waals surface area contributed by atoms with Gasteiger partial charge in [-0.3, -0.25) is 14.4 Å². The highest BCUT2D eigenvalue weighted by molar-refractivity contribution is 6.18. The quantitative estimate of drug-likeness (QED) is 0.377. The van der Waals surface area contributed by atoms with Crippen LogP contribution in [-0.2, 0) is 10.2 Å². The van der Waals surface area contributed by atoms with E-state index in [0.717, 1.165) is 16.8 Å². The van der Waals surface area contributed by atoms with E-state index in [1.54, 1.807) is 24.3 Å². The number of ketones is 2. The van der Waals surface area contributed by atoms with E-state index in [-0.39, 0.29) is 17.5 Å². The Kier molecular flexibility index (Phi) is 4.95. The summed E-state index contributed by atoms with van der Waals surface area (Å²) in [5.74, 6) is -1.60. The first-order valence-electron chi connectivity index (χ1n) is 12.8. The molecule has 4 aromatic carbocycles. The maximum Gasteiger partial charge on any atom is 0.238 e. The topological polar surface area (TPSA) is 66.5 Å². The summed E-state index contributed by atoms with van der Waals surface area (Å²) in [7, 11) is 0. The van der Waals surface area contributed by atoms with Gasteiger partial charge in [-0.25, -0.2) is 0 Å². The molecule has 4 aromatic rings.